The topological polar surface area (TPSA) is 45.4 Å². The van der Waals surface area contributed by atoms with E-state index in [1.807, 2.05) is 23.7 Å². The van der Waals surface area contributed by atoms with Crippen molar-refractivity contribution in [2.45, 2.75) is 0 Å². The van der Waals surface area contributed by atoms with Crippen LogP contribution in [0.2, 0.25) is 0 Å². The molecule has 3 nitrogen and oxygen atoms in total. The molecule has 2 aromatic carbocycles. The van der Waals surface area contributed by atoms with E-state index in [0.29, 0.717) is 10.8 Å². The third-order valence-electron chi connectivity index (χ3n) is 3.01. The lowest BCUT2D eigenvalue weighted by atomic mass is 10.1. The minimum atomic E-state index is 0.199. The fraction of sp³-hybridized carbons (Fsp3) is 0.0769. The van der Waals surface area contributed by atoms with Crippen LogP contribution in [0.5, 0.6) is 11.5 Å². The molecule has 0 aliphatic rings. The monoisotopic (exact) mass is 213 g/mol. The summed E-state index contributed by atoms with van der Waals surface area (Å²) in [6.45, 7) is 0. The number of benzene rings is 2. The number of rotatable bonds is 0. The van der Waals surface area contributed by atoms with E-state index in [-0.39, 0.29) is 11.5 Å². The van der Waals surface area contributed by atoms with Gasteiger partial charge in [0.15, 0.2) is 0 Å². The maximum Gasteiger partial charge on any atom is 0.125 e. The number of nitrogens with zero attached hydrogens (tertiary/aromatic N) is 1. The Bertz CT molecular complexity index is 639. The molecule has 3 aromatic rings. The van der Waals surface area contributed by atoms with Crippen LogP contribution >= 0.6 is 0 Å². The first-order valence-electron chi connectivity index (χ1n) is 5.08. The number of hydrogen-bond acceptors (Lipinski definition) is 2. The summed E-state index contributed by atoms with van der Waals surface area (Å²) in [5.41, 5.74) is 1.83. The Morgan fingerprint density at radius 2 is 1.25 bits per heavy atom. The molecular weight excluding hydrogens is 202 g/mol. The first kappa shape index (κ1) is 9.09. The number of aromatic hydroxyl groups is 2. The van der Waals surface area contributed by atoms with Gasteiger partial charge < -0.3 is 14.8 Å². The van der Waals surface area contributed by atoms with E-state index in [9.17, 15) is 10.2 Å². The van der Waals surface area contributed by atoms with E-state index in [1.165, 1.54) is 0 Å². The molecular formula is C13H11NO2. The van der Waals surface area contributed by atoms with Gasteiger partial charge in [0.1, 0.15) is 11.5 Å². The van der Waals surface area contributed by atoms with Crippen molar-refractivity contribution in [2.24, 2.45) is 7.05 Å². The fourth-order valence-electron chi connectivity index (χ4n) is 2.26. The minimum absolute atomic E-state index is 0.199. The van der Waals surface area contributed by atoms with E-state index in [0.717, 1.165) is 11.0 Å². The van der Waals surface area contributed by atoms with Crippen molar-refractivity contribution in [1.82, 2.24) is 4.57 Å². The molecule has 2 N–H and O–H groups in total. The smallest absolute Gasteiger partial charge is 0.125 e. The highest BCUT2D eigenvalue weighted by Crippen LogP contribution is 2.38. The first-order valence-corrected chi connectivity index (χ1v) is 5.08. The number of fused-ring (bicyclic) bond motifs is 3. The molecule has 1 heterocycles. The van der Waals surface area contributed by atoms with Crippen molar-refractivity contribution < 1.29 is 10.2 Å². The van der Waals surface area contributed by atoms with Crippen molar-refractivity contribution in [2.75, 3.05) is 0 Å². The molecule has 0 spiro atoms. The van der Waals surface area contributed by atoms with Crippen molar-refractivity contribution in [3.63, 3.8) is 0 Å². The van der Waals surface area contributed by atoms with Gasteiger partial charge in [0.2, 0.25) is 0 Å². The maximum absolute atomic E-state index is 9.88. The highest BCUT2D eigenvalue weighted by Gasteiger charge is 2.13. The third-order valence-corrected chi connectivity index (χ3v) is 3.01. The van der Waals surface area contributed by atoms with Crippen molar-refractivity contribution >= 4 is 21.8 Å². The Balaban J connectivity index is 2.73. The molecule has 80 valence electrons. The summed E-state index contributed by atoms with van der Waals surface area (Å²) < 4.78 is 1.96. The quantitative estimate of drug-likeness (QED) is 0.603. The molecule has 0 unspecified atom stereocenters. The standard InChI is InChI=1S/C13H11NO2/c1-14-8-4-2-6-10(15)12(8)13-9(14)5-3-7-11(13)16/h2-7,15-16H,1H3. The van der Waals surface area contributed by atoms with Crippen LogP contribution < -0.4 is 0 Å². The van der Waals surface area contributed by atoms with Gasteiger partial charge in [0.05, 0.1) is 21.8 Å². The summed E-state index contributed by atoms with van der Waals surface area (Å²) >= 11 is 0. The Kier molecular flexibility index (Phi) is 1.66. The molecule has 0 radical (unpaired) electrons. The van der Waals surface area contributed by atoms with Crippen LogP contribution in [0.3, 0.4) is 0 Å². The summed E-state index contributed by atoms with van der Waals surface area (Å²) in [5.74, 6) is 0.397. The van der Waals surface area contributed by atoms with Gasteiger partial charge in [-0.2, -0.15) is 0 Å². The molecule has 0 aliphatic carbocycles. The third kappa shape index (κ3) is 0.972. The first-order chi connectivity index (χ1) is 7.70. The van der Waals surface area contributed by atoms with Gasteiger partial charge in [-0.1, -0.05) is 12.1 Å². The van der Waals surface area contributed by atoms with Crippen LogP contribution in [0, 0.1) is 0 Å². The molecule has 16 heavy (non-hydrogen) atoms. The summed E-state index contributed by atoms with van der Waals surface area (Å²) in [5, 5.41) is 21.2. The van der Waals surface area contributed by atoms with E-state index < -0.39 is 0 Å². The predicted octanol–water partition coefficient (Wildman–Crippen LogP) is 2.74. The second-order valence-corrected chi connectivity index (χ2v) is 3.90. The highest BCUT2D eigenvalue weighted by atomic mass is 16.3. The van der Waals surface area contributed by atoms with Crippen molar-refractivity contribution in [1.29, 1.82) is 0 Å². The average Bonchev–Trinajstić information content (AvgIpc) is 2.56. The number of aryl methyl sites for hydroxylation is 1. The van der Waals surface area contributed by atoms with Crippen molar-refractivity contribution in [3.8, 4) is 11.5 Å². The number of phenols is 2. The second-order valence-electron chi connectivity index (χ2n) is 3.90. The molecule has 3 heteroatoms. The van der Waals surface area contributed by atoms with Gasteiger partial charge in [-0.25, -0.2) is 0 Å². The van der Waals surface area contributed by atoms with Crippen LogP contribution in [0.1, 0.15) is 0 Å². The van der Waals surface area contributed by atoms with E-state index in [4.69, 9.17) is 0 Å². The fourth-order valence-corrected chi connectivity index (χ4v) is 2.26. The lowest BCUT2D eigenvalue weighted by molar-refractivity contribution is 0.477. The van der Waals surface area contributed by atoms with E-state index in [2.05, 4.69) is 0 Å². The van der Waals surface area contributed by atoms with Gasteiger partial charge in [-0.05, 0) is 24.3 Å². The second kappa shape index (κ2) is 2.92. The molecule has 0 aliphatic heterocycles. The van der Waals surface area contributed by atoms with Crippen LogP contribution in [0.4, 0.5) is 0 Å². The molecule has 0 bridgehead atoms. The lowest BCUT2D eigenvalue weighted by Gasteiger charge is -1.97. The molecule has 0 amide bonds. The summed E-state index contributed by atoms with van der Waals surface area (Å²) in [6.07, 6.45) is 0. The van der Waals surface area contributed by atoms with Gasteiger partial charge in [-0.3, -0.25) is 0 Å². The lowest BCUT2D eigenvalue weighted by Crippen LogP contribution is -1.85. The molecule has 0 saturated carbocycles. The number of phenolic OH excluding ortho intramolecular Hbond substituents is 2. The minimum Gasteiger partial charge on any atom is -0.507 e. The Morgan fingerprint density at radius 1 is 0.812 bits per heavy atom. The summed E-state index contributed by atoms with van der Waals surface area (Å²) in [6, 6.07) is 10.7. The van der Waals surface area contributed by atoms with Gasteiger partial charge in [-0.15, -0.1) is 0 Å². The predicted molar refractivity (Wildman–Crippen MR) is 63.8 cm³/mol. The summed E-state index contributed by atoms with van der Waals surface area (Å²) in [4.78, 5) is 0. The van der Waals surface area contributed by atoms with Gasteiger partial charge in [0.25, 0.3) is 0 Å². The zero-order chi connectivity index (χ0) is 11.3. The van der Waals surface area contributed by atoms with E-state index in [1.54, 1.807) is 24.3 Å². The Morgan fingerprint density at radius 3 is 1.69 bits per heavy atom. The van der Waals surface area contributed by atoms with Crippen LogP contribution in [0.15, 0.2) is 36.4 Å². The number of hydrogen-bond donors (Lipinski definition) is 2. The maximum atomic E-state index is 9.88. The molecule has 3 rings (SSSR count). The van der Waals surface area contributed by atoms with E-state index >= 15 is 0 Å². The SMILES string of the molecule is Cn1c2cccc(O)c2c2c(O)cccc21. The number of aromatic nitrogens is 1. The molecule has 0 fully saturated rings. The summed E-state index contributed by atoms with van der Waals surface area (Å²) in [7, 11) is 1.92. The Labute approximate surface area is 92.2 Å². The highest BCUT2D eigenvalue weighted by molar-refractivity contribution is 6.13. The zero-order valence-electron chi connectivity index (χ0n) is 8.81. The zero-order valence-corrected chi connectivity index (χ0v) is 8.81. The average molecular weight is 213 g/mol. The normalized spacial score (nSPS) is 11.3. The van der Waals surface area contributed by atoms with Gasteiger partial charge >= 0.3 is 0 Å². The van der Waals surface area contributed by atoms with Crippen LogP contribution in [-0.4, -0.2) is 14.8 Å². The van der Waals surface area contributed by atoms with Crippen LogP contribution in [-0.2, 0) is 7.05 Å². The molecule has 0 saturated heterocycles. The van der Waals surface area contributed by atoms with Crippen LogP contribution in [0.25, 0.3) is 21.8 Å². The Hall–Kier alpha value is -2.16. The largest absolute Gasteiger partial charge is 0.507 e. The molecule has 1 aromatic heterocycles. The van der Waals surface area contributed by atoms with Gasteiger partial charge in [0, 0.05) is 7.05 Å². The van der Waals surface area contributed by atoms with Crippen molar-refractivity contribution in [3.05, 3.63) is 36.4 Å². The molecule has 0 atom stereocenters.